The minimum Gasteiger partial charge on any atom is -0.497 e. The van der Waals surface area contributed by atoms with Gasteiger partial charge in [0, 0.05) is 5.69 Å². The fourth-order valence-corrected chi connectivity index (χ4v) is 2.80. The fraction of sp³-hybridized carbons (Fsp3) is 0.235. The molecule has 0 atom stereocenters. The summed E-state index contributed by atoms with van der Waals surface area (Å²) in [5, 5.41) is 3.82. The third kappa shape index (κ3) is 2.79. The molecule has 1 aliphatic carbocycles. The molecule has 0 aromatic heterocycles. The van der Waals surface area contributed by atoms with Crippen molar-refractivity contribution in [3.05, 3.63) is 58.1 Å². The van der Waals surface area contributed by atoms with Gasteiger partial charge in [-0.25, -0.2) is 0 Å². The quantitative estimate of drug-likeness (QED) is 0.881. The van der Waals surface area contributed by atoms with Gasteiger partial charge < -0.3 is 10.1 Å². The molecule has 1 amide bonds. The van der Waals surface area contributed by atoms with E-state index in [0.717, 1.165) is 24.2 Å². The van der Waals surface area contributed by atoms with Crippen LogP contribution in [0.2, 0.25) is 10.0 Å². The predicted octanol–water partition coefficient (Wildman–Crippen LogP) is 4.67. The molecule has 0 aliphatic heterocycles. The summed E-state index contributed by atoms with van der Waals surface area (Å²) in [7, 11) is 1.62. The molecule has 3 nitrogen and oxygen atoms in total. The normalized spacial score (nSPS) is 15.2. The van der Waals surface area contributed by atoms with Crippen LogP contribution in [0.25, 0.3) is 0 Å². The third-order valence-electron chi connectivity index (χ3n) is 4.00. The van der Waals surface area contributed by atoms with Crippen molar-refractivity contribution >= 4 is 34.8 Å². The lowest BCUT2D eigenvalue weighted by atomic mass is 9.95. The lowest BCUT2D eigenvalue weighted by molar-refractivity contribution is -0.118. The molecule has 114 valence electrons. The summed E-state index contributed by atoms with van der Waals surface area (Å²) in [5.41, 5.74) is 1.21. The van der Waals surface area contributed by atoms with E-state index in [4.69, 9.17) is 27.9 Å². The number of amides is 1. The van der Waals surface area contributed by atoms with E-state index in [9.17, 15) is 4.79 Å². The van der Waals surface area contributed by atoms with Crippen molar-refractivity contribution < 1.29 is 9.53 Å². The van der Waals surface area contributed by atoms with Crippen molar-refractivity contribution in [3.63, 3.8) is 0 Å². The monoisotopic (exact) mass is 335 g/mol. The Bertz CT molecular complexity index is 709. The van der Waals surface area contributed by atoms with Gasteiger partial charge in [0.15, 0.2) is 0 Å². The molecular weight excluding hydrogens is 321 g/mol. The molecule has 2 aromatic rings. The number of nitrogens with one attached hydrogen (secondary N) is 1. The van der Waals surface area contributed by atoms with Crippen LogP contribution in [0.3, 0.4) is 0 Å². The van der Waals surface area contributed by atoms with E-state index in [1.807, 2.05) is 24.3 Å². The number of methoxy groups -OCH3 is 1. The Labute approximate surface area is 139 Å². The Kier molecular flexibility index (Phi) is 4.02. The maximum atomic E-state index is 12.6. The highest BCUT2D eigenvalue weighted by Gasteiger charge is 2.51. The number of carbonyl (C=O) groups excluding carboxylic acids is 1. The number of halogens is 2. The van der Waals surface area contributed by atoms with Gasteiger partial charge in [-0.1, -0.05) is 35.3 Å². The molecule has 1 saturated carbocycles. The van der Waals surface area contributed by atoms with Crippen molar-refractivity contribution in [2.24, 2.45) is 0 Å². The van der Waals surface area contributed by atoms with Gasteiger partial charge >= 0.3 is 0 Å². The highest BCUT2D eigenvalue weighted by Crippen LogP contribution is 2.49. The minimum absolute atomic E-state index is 0.0175. The molecule has 1 fully saturated rings. The van der Waals surface area contributed by atoms with E-state index >= 15 is 0 Å². The molecule has 0 bridgehead atoms. The van der Waals surface area contributed by atoms with E-state index in [1.54, 1.807) is 25.3 Å². The second-order valence-electron chi connectivity index (χ2n) is 5.39. The van der Waals surface area contributed by atoms with E-state index in [0.29, 0.717) is 15.7 Å². The second-order valence-corrected chi connectivity index (χ2v) is 6.21. The van der Waals surface area contributed by atoms with Crippen LogP contribution in [0.4, 0.5) is 5.69 Å². The van der Waals surface area contributed by atoms with Gasteiger partial charge in [0.25, 0.3) is 0 Å². The molecule has 2 aromatic carbocycles. The highest BCUT2D eigenvalue weighted by molar-refractivity contribution is 6.42. The Morgan fingerprint density at radius 3 is 2.32 bits per heavy atom. The number of benzene rings is 2. The third-order valence-corrected chi connectivity index (χ3v) is 4.74. The maximum absolute atomic E-state index is 12.6. The first-order valence-corrected chi connectivity index (χ1v) is 7.72. The molecular formula is C17H15Cl2NO2. The summed E-state index contributed by atoms with van der Waals surface area (Å²) in [6.07, 6.45) is 1.68. The van der Waals surface area contributed by atoms with Crippen molar-refractivity contribution in [1.82, 2.24) is 0 Å². The van der Waals surface area contributed by atoms with E-state index in [2.05, 4.69) is 5.32 Å². The van der Waals surface area contributed by atoms with Gasteiger partial charge in [-0.2, -0.15) is 0 Å². The zero-order chi connectivity index (χ0) is 15.7. The molecule has 0 radical (unpaired) electrons. The Balaban J connectivity index is 1.79. The molecule has 5 heteroatoms. The number of carbonyl (C=O) groups is 1. The summed E-state index contributed by atoms with van der Waals surface area (Å²) in [4.78, 5) is 12.6. The summed E-state index contributed by atoms with van der Waals surface area (Å²) in [5.74, 6) is 0.764. The smallest absolute Gasteiger partial charge is 0.235 e. The number of hydrogen-bond acceptors (Lipinski definition) is 2. The molecule has 1 aliphatic rings. The van der Waals surface area contributed by atoms with Gasteiger partial charge in [0.2, 0.25) is 5.91 Å². The molecule has 3 rings (SSSR count). The summed E-state index contributed by atoms with van der Waals surface area (Å²) in [6.45, 7) is 0. The van der Waals surface area contributed by atoms with Crippen LogP contribution in [0, 0.1) is 0 Å². The minimum atomic E-state index is -0.446. The standard InChI is InChI=1S/C17H15Cl2NO2/c1-22-13-5-2-11(3-6-13)17(8-9-17)16(21)20-12-4-7-14(18)15(19)10-12/h2-7,10H,8-9H2,1H3,(H,20,21). The van der Waals surface area contributed by atoms with E-state index in [-0.39, 0.29) is 5.91 Å². The second kappa shape index (κ2) is 5.82. The van der Waals surface area contributed by atoms with Gasteiger partial charge in [0.05, 0.1) is 22.6 Å². The zero-order valence-corrected chi connectivity index (χ0v) is 13.5. The fourth-order valence-electron chi connectivity index (χ4n) is 2.51. The number of hydrogen-bond donors (Lipinski definition) is 1. The molecule has 0 spiro atoms. The van der Waals surface area contributed by atoms with Crippen molar-refractivity contribution in [1.29, 1.82) is 0 Å². The topological polar surface area (TPSA) is 38.3 Å². The summed E-state index contributed by atoms with van der Waals surface area (Å²) >= 11 is 11.9. The average Bonchev–Trinajstić information content (AvgIpc) is 3.33. The number of ether oxygens (including phenoxy) is 1. The van der Waals surface area contributed by atoms with Crippen LogP contribution >= 0.6 is 23.2 Å². The van der Waals surface area contributed by atoms with E-state index < -0.39 is 5.41 Å². The Morgan fingerprint density at radius 2 is 1.77 bits per heavy atom. The molecule has 1 N–H and O–H groups in total. The summed E-state index contributed by atoms with van der Waals surface area (Å²) < 4.78 is 5.16. The molecule has 0 unspecified atom stereocenters. The van der Waals surface area contributed by atoms with E-state index in [1.165, 1.54) is 0 Å². The van der Waals surface area contributed by atoms with Crippen molar-refractivity contribution in [3.8, 4) is 5.75 Å². The first-order chi connectivity index (χ1) is 10.5. The van der Waals surface area contributed by atoms with Crippen LogP contribution in [-0.2, 0) is 10.2 Å². The Hall–Kier alpha value is -1.71. The average molecular weight is 336 g/mol. The van der Waals surface area contributed by atoms with Crippen LogP contribution in [-0.4, -0.2) is 13.0 Å². The summed E-state index contributed by atoms with van der Waals surface area (Å²) in [6, 6.07) is 12.7. The lowest BCUT2D eigenvalue weighted by Crippen LogP contribution is -2.27. The lowest BCUT2D eigenvalue weighted by Gasteiger charge is -2.16. The number of rotatable bonds is 4. The van der Waals surface area contributed by atoms with Gasteiger partial charge in [-0.3, -0.25) is 4.79 Å². The first kappa shape index (κ1) is 15.2. The molecule has 0 heterocycles. The van der Waals surface area contributed by atoms with Crippen LogP contribution in [0.5, 0.6) is 5.75 Å². The Morgan fingerprint density at radius 1 is 1.09 bits per heavy atom. The zero-order valence-electron chi connectivity index (χ0n) is 12.0. The maximum Gasteiger partial charge on any atom is 0.235 e. The predicted molar refractivity (Wildman–Crippen MR) is 89.0 cm³/mol. The number of anilines is 1. The SMILES string of the molecule is COc1ccc(C2(C(=O)Nc3ccc(Cl)c(Cl)c3)CC2)cc1. The van der Waals surface area contributed by atoms with Gasteiger partial charge in [-0.15, -0.1) is 0 Å². The van der Waals surface area contributed by atoms with Crippen molar-refractivity contribution in [2.45, 2.75) is 18.3 Å². The molecule has 0 saturated heterocycles. The highest BCUT2D eigenvalue weighted by atomic mass is 35.5. The van der Waals surface area contributed by atoms with Gasteiger partial charge in [-0.05, 0) is 48.7 Å². The molecule has 22 heavy (non-hydrogen) atoms. The van der Waals surface area contributed by atoms with Crippen LogP contribution in [0.1, 0.15) is 18.4 Å². The largest absolute Gasteiger partial charge is 0.497 e. The van der Waals surface area contributed by atoms with Gasteiger partial charge in [0.1, 0.15) is 5.75 Å². The first-order valence-electron chi connectivity index (χ1n) is 6.96. The van der Waals surface area contributed by atoms with Crippen LogP contribution < -0.4 is 10.1 Å². The van der Waals surface area contributed by atoms with Crippen molar-refractivity contribution in [2.75, 3.05) is 12.4 Å². The van der Waals surface area contributed by atoms with Crippen LogP contribution in [0.15, 0.2) is 42.5 Å².